The molecule has 0 saturated heterocycles. The maximum absolute atomic E-state index is 11.8. The predicted molar refractivity (Wildman–Crippen MR) is 74.6 cm³/mol. The summed E-state index contributed by atoms with van der Waals surface area (Å²) in [6.07, 6.45) is 1.77. The number of oxazole rings is 1. The van der Waals surface area contributed by atoms with Crippen molar-refractivity contribution in [3.05, 3.63) is 30.2 Å². The first kappa shape index (κ1) is 13.6. The zero-order valence-electron chi connectivity index (χ0n) is 11.4. The minimum atomic E-state index is -0.785. The number of aromatic nitrogens is 1. The highest BCUT2D eigenvalue weighted by atomic mass is 16.4. The molecule has 1 saturated carbocycles. The van der Waals surface area contributed by atoms with Crippen LogP contribution in [0.5, 0.6) is 0 Å². The molecule has 1 aliphatic carbocycles. The number of amides is 1. The Morgan fingerprint density at radius 1 is 1.33 bits per heavy atom. The van der Waals surface area contributed by atoms with Crippen LogP contribution in [0.1, 0.15) is 25.2 Å². The number of carbonyl (C=O) groups is 2. The number of para-hydroxylation sites is 2. The molecule has 110 valence electrons. The van der Waals surface area contributed by atoms with Crippen molar-refractivity contribution in [3.8, 4) is 0 Å². The smallest absolute Gasteiger partial charge is 0.306 e. The van der Waals surface area contributed by atoms with Gasteiger partial charge in [0.15, 0.2) is 11.5 Å². The quantitative estimate of drug-likeness (QED) is 0.874. The molecule has 21 heavy (non-hydrogen) atoms. The molecule has 0 spiro atoms. The minimum Gasteiger partial charge on any atom is -0.481 e. The van der Waals surface area contributed by atoms with Gasteiger partial charge < -0.3 is 14.8 Å². The van der Waals surface area contributed by atoms with E-state index in [2.05, 4.69) is 10.3 Å². The van der Waals surface area contributed by atoms with Crippen LogP contribution >= 0.6 is 0 Å². The van der Waals surface area contributed by atoms with Crippen molar-refractivity contribution in [2.45, 2.75) is 31.7 Å². The molecule has 3 rings (SSSR count). The summed E-state index contributed by atoms with van der Waals surface area (Å²) in [6.45, 7) is 0. The standard InChI is InChI=1S/C15H16N2O4/c18-13(16-10-7-9(8-10)15(19)20)5-6-14-17-11-3-1-2-4-12(11)21-14/h1-4,9-10H,5-8H2,(H,16,18)(H,19,20). The Bertz CT molecular complexity index is 640. The molecule has 0 aliphatic heterocycles. The van der Waals surface area contributed by atoms with E-state index in [1.165, 1.54) is 0 Å². The maximum atomic E-state index is 11.8. The molecule has 6 nitrogen and oxygen atoms in total. The van der Waals surface area contributed by atoms with Gasteiger partial charge in [-0.25, -0.2) is 4.98 Å². The summed E-state index contributed by atoms with van der Waals surface area (Å²) in [5.74, 6) is -0.645. The molecule has 1 fully saturated rings. The first-order chi connectivity index (χ1) is 10.1. The molecule has 2 aromatic rings. The van der Waals surface area contributed by atoms with Crippen molar-refractivity contribution in [2.24, 2.45) is 5.92 Å². The number of rotatable bonds is 5. The average Bonchev–Trinajstić information content (AvgIpc) is 2.82. The van der Waals surface area contributed by atoms with Crippen LogP contribution < -0.4 is 5.32 Å². The van der Waals surface area contributed by atoms with E-state index in [4.69, 9.17) is 9.52 Å². The lowest BCUT2D eigenvalue weighted by atomic mass is 9.80. The van der Waals surface area contributed by atoms with Crippen molar-refractivity contribution >= 4 is 23.0 Å². The molecule has 1 aliphatic rings. The largest absolute Gasteiger partial charge is 0.481 e. The summed E-state index contributed by atoms with van der Waals surface area (Å²) in [5, 5.41) is 11.6. The van der Waals surface area contributed by atoms with E-state index in [1.807, 2.05) is 24.3 Å². The SMILES string of the molecule is O=C(CCc1nc2ccccc2o1)NC1CC(C(=O)O)C1. The van der Waals surface area contributed by atoms with Crippen LogP contribution in [0.3, 0.4) is 0 Å². The molecule has 0 bridgehead atoms. The minimum absolute atomic E-state index is 0.0118. The molecule has 1 aromatic carbocycles. The number of aryl methyl sites for hydroxylation is 1. The van der Waals surface area contributed by atoms with Gasteiger partial charge in [-0.2, -0.15) is 0 Å². The summed E-state index contributed by atoms with van der Waals surface area (Å²) in [5.41, 5.74) is 1.51. The Morgan fingerprint density at radius 2 is 2.10 bits per heavy atom. The fraction of sp³-hybridized carbons (Fsp3) is 0.400. The van der Waals surface area contributed by atoms with Gasteiger partial charge in [0.05, 0.1) is 5.92 Å². The molecule has 2 N–H and O–H groups in total. The molecular weight excluding hydrogens is 272 g/mol. The summed E-state index contributed by atoms with van der Waals surface area (Å²) in [6, 6.07) is 7.45. The van der Waals surface area contributed by atoms with Gasteiger partial charge in [-0.3, -0.25) is 9.59 Å². The average molecular weight is 288 g/mol. The van der Waals surface area contributed by atoms with E-state index in [0.717, 1.165) is 11.1 Å². The van der Waals surface area contributed by atoms with E-state index < -0.39 is 5.97 Å². The fourth-order valence-electron chi connectivity index (χ4n) is 2.48. The van der Waals surface area contributed by atoms with Crippen LogP contribution in [0.25, 0.3) is 11.1 Å². The highest BCUT2D eigenvalue weighted by molar-refractivity contribution is 5.78. The molecular formula is C15H16N2O4. The number of hydrogen-bond acceptors (Lipinski definition) is 4. The van der Waals surface area contributed by atoms with E-state index in [0.29, 0.717) is 31.6 Å². The number of nitrogens with one attached hydrogen (secondary N) is 1. The van der Waals surface area contributed by atoms with Crippen LogP contribution in [0.4, 0.5) is 0 Å². The predicted octanol–water partition coefficient (Wildman–Crippen LogP) is 1.74. The van der Waals surface area contributed by atoms with Gasteiger partial charge in [0, 0.05) is 18.9 Å². The lowest BCUT2D eigenvalue weighted by Crippen LogP contribution is -2.46. The van der Waals surface area contributed by atoms with Crippen molar-refractivity contribution in [3.63, 3.8) is 0 Å². The first-order valence-corrected chi connectivity index (χ1v) is 6.98. The molecule has 0 radical (unpaired) electrons. The van der Waals surface area contributed by atoms with Gasteiger partial charge in [-0.05, 0) is 25.0 Å². The number of carbonyl (C=O) groups excluding carboxylic acids is 1. The summed E-state index contributed by atoms with van der Waals surface area (Å²) >= 11 is 0. The molecule has 0 atom stereocenters. The number of carboxylic acid groups (broad SMARTS) is 1. The van der Waals surface area contributed by atoms with Crippen molar-refractivity contribution < 1.29 is 19.1 Å². The topological polar surface area (TPSA) is 92.4 Å². The number of benzene rings is 1. The number of nitrogens with zero attached hydrogens (tertiary/aromatic N) is 1. The molecule has 1 heterocycles. The van der Waals surface area contributed by atoms with Gasteiger partial charge in [0.1, 0.15) is 5.52 Å². The Balaban J connectivity index is 1.47. The number of fused-ring (bicyclic) bond motifs is 1. The Hall–Kier alpha value is -2.37. The van der Waals surface area contributed by atoms with Gasteiger partial charge in [-0.1, -0.05) is 12.1 Å². The van der Waals surface area contributed by atoms with Crippen molar-refractivity contribution in [1.29, 1.82) is 0 Å². The Labute approximate surface area is 121 Å². The third-order valence-corrected chi connectivity index (χ3v) is 3.76. The third kappa shape index (κ3) is 3.04. The lowest BCUT2D eigenvalue weighted by molar-refractivity contribution is -0.146. The monoisotopic (exact) mass is 288 g/mol. The lowest BCUT2D eigenvalue weighted by Gasteiger charge is -2.32. The zero-order valence-corrected chi connectivity index (χ0v) is 11.4. The first-order valence-electron chi connectivity index (χ1n) is 6.98. The summed E-state index contributed by atoms with van der Waals surface area (Å²) in [7, 11) is 0. The fourth-order valence-corrected chi connectivity index (χ4v) is 2.48. The third-order valence-electron chi connectivity index (χ3n) is 3.76. The van der Waals surface area contributed by atoms with Crippen molar-refractivity contribution in [2.75, 3.05) is 0 Å². The molecule has 0 unspecified atom stereocenters. The highest BCUT2D eigenvalue weighted by Gasteiger charge is 2.35. The normalized spacial score (nSPS) is 21.0. The summed E-state index contributed by atoms with van der Waals surface area (Å²) in [4.78, 5) is 26.8. The maximum Gasteiger partial charge on any atom is 0.306 e. The van der Waals surface area contributed by atoms with Crippen LogP contribution in [0, 0.1) is 5.92 Å². The number of carboxylic acids is 1. The second-order valence-electron chi connectivity index (χ2n) is 5.35. The van der Waals surface area contributed by atoms with Gasteiger partial charge in [0.25, 0.3) is 0 Å². The van der Waals surface area contributed by atoms with E-state index >= 15 is 0 Å². The molecule has 1 aromatic heterocycles. The van der Waals surface area contributed by atoms with Gasteiger partial charge >= 0.3 is 5.97 Å². The van der Waals surface area contributed by atoms with Gasteiger partial charge in [0.2, 0.25) is 5.91 Å². The number of hydrogen-bond donors (Lipinski definition) is 2. The Kier molecular flexibility index (Phi) is 3.60. The van der Waals surface area contributed by atoms with Crippen LogP contribution in [0.2, 0.25) is 0 Å². The molecule has 1 amide bonds. The van der Waals surface area contributed by atoms with Crippen LogP contribution in [-0.2, 0) is 16.0 Å². The van der Waals surface area contributed by atoms with E-state index in [1.54, 1.807) is 0 Å². The Morgan fingerprint density at radius 3 is 2.81 bits per heavy atom. The van der Waals surface area contributed by atoms with E-state index in [-0.39, 0.29) is 17.9 Å². The molecule has 6 heteroatoms. The number of aliphatic carboxylic acids is 1. The van der Waals surface area contributed by atoms with E-state index in [9.17, 15) is 9.59 Å². The van der Waals surface area contributed by atoms with Crippen LogP contribution in [-0.4, -0.2) is 28.0 Å². The van der Waals surface area contributed by atoms with Crippen molar-refractivity contribution in [1.82, 2.24) is 10.3 Å². The zero-order chi connectivity index (χ0) is 14.8. The second kappa shape index (κ2) is 5.55. The van der Waals surface area contributed by atoms with Gasteiger partial charge in [-0.15, -0.1) is 0 Å². The summed E-state index contributed by atoms with van der Waals surface area (Å²) < 4.78 is 5.54. The highest BCUT2D eigenvalue weighted by Crippen LogP contribution is 2.27. The second-order valence-corrected chi connectivity index (χ2v) is 5.35. The van der Waals surface area contributed by atoms with Crippen LogP contribution in [0.15, 0.2) is 28.7 Å².